The maximum atomic E-state index is 12.9. The molecular formula is C20H26N4O3. The highest BCUT2D eigenvalue weighted by molar-refractivity contribution is 5.81. The Morgan fingerprint density at radius 3 is 2.93 bits per heavy atom. The third-order valence-electron chi connectivity index (χ3n) is 6.41. The van der Waals surface area contributed by atoms with Crippen molar-refractivity contribution in [3.8, 4) is 0 Å². The summed E-state index contributed by atoms with van der Waals surface area (Å²) in [4.78, 5) is 29.6. The SMILES string of the molecule is CN1CCC[C@]2(CO)CCN(C(=O)Cn3ncc4ccccc4c3=O)C[C@@H]12. The van der Waals surface area contributed by atoms with Crippen molar-refractivity contribution in [3.05, 3.63) is 40.8 Å². The normalized spacial score (nSPS) is 26.1. The number of aliphatic hydroxyl groups excluding tert-OH is 1. The zero-order chi connectivity index (χ0) is 19.0. The van der Waals surface area contributed by atoms with Crippen molar-refractivity contribution in [1.29, 1.82) is 0 Å². The van der Waals surface area contributed by atoms with Crippen LogP contribution >= 0.6 is 0 Å². The number of fused-ring (bicyclic) bond motifs is 2. The third-order valence-corrected chi connectivity index (χ3v) is 6.41. The number of aromatic nitrogens is 2. The van der Waals surface area contributed by atoms with Crippen LogP contribution in [0.5, 0.6) is 0 Å². The fourth-order valence-corrected chi connectivity index (χ4v) is 4.71. The average Bonchev–Trinajstić information content (AvgIpc) is 2.70. The highest BCUT2D eigenvalue weighted by Crippen LogP contribution is 2.41. The maximum absolute atomic E-state index is 12.9. The van der Waals surface area contributed by atoms with Crippen LogP contribution in [0.1, 0.15) is 19.3 Å². The standard InChI is InChI=1S/C20H26N4O3/c1-22-9-4-7-20(14-25)8-10-23(12-17(20)22)18(26)13-24-19(27)16-6-3-2-5-15(16)11-21-24/h2-3,5-6,11,17,25H,4,7-10,12-14H2,1H3/t17-,20-/m1/s1. The lowest BCUT2D eigenvalue weighted by Crippen LogP contribution is -2.62. The van der Waals surface area contributed by atoms with E-state index in [9.17, 15) is 14.7 Å². The molecule has 27 heavy (non-hydrogen) atoms. The van der Waals surface area contributed by atoms with Gasteiger partial charge in [-0.3, -0.25) is 9.59 Å². The second-order valence-corrected chi connectivity index (χ2v) is 7.90. The maximum Gasteiger partial charge on any atom is 0.275 e. The van der Waals surface area contributed by atoms with Gasteiger partial charge in [0.2, 0.25) is 5.91 Å². The van der Waals surface area contributed by atoms with Crippen molar-refractivity contribution in [2.75, 3.05) is 33.3 Å². The summed E-state index contributed by atoms with van der Waals surface area (Å²) in [5.41, 5.74) is -0.347. The molecule has 7 nitrogen and oxygen atoms in total. The van der Waals surface area contributed by atoms with E-state index in [1.54, 1.807) is 12.3 Å². The molecule has 2 saturated heterocycles. The van der Waals surface area contributed by atoms with Crippen LogP contribution in [-0.4, -0.2) is 69.9 Å². The van der Waals surface area contributed by atoms with E-state index in [1.165, 1.54) is 4.68 Å². The molecule has 0 spiro atoms. The Morgan fingerprint density at radius 1 is 1.30 bits per heavy atom. The predicted octanol–water partition coefficient (Wildman–Crippen LogP) is 0.702. The van der Waals surface area contributed by atoms with Crippen LogP contribution in [-0.2, 0) is 11.3 Å². The number of likely N-dealkylation sites (N-methyl/N-ethyl adjacent to an activating group) is 1. The molecule has 2 aliphatic rings. The summed E-state index contributed by atoms with van der Waals surface area (Å²) in [6, 6.07) is 7.44. The Balaban J connectivity index is 1.53. The van der Waals surface area contributed by atoms with Crippen LogP contribution in [0.15, 0.2) is 35.3 Å². The van der Waals surface area contributed by atoms with Crippen molar-refractivity contribution in [2.45, 2.75) is 31.8 Å². The Kier molecular flexibility index (Phi) is 4.74. The lowest BCUT2D eigenvalue weighted by atomic mass is 9.69. The number of likely N-dealkylation sites (tertiary alicyclic amines) is 2. The van der Waals surface area contributed by atoms with Crippen molar-refractivity contribution in [3.63, 3.8) is 0 Å². The van der Waals surface area contributed by atoms with Crippen LogP contribution in [0.4, 0.5) is 0 Å². The molecule has 1 aromatic heterocycles. The van der Waals surface area contributed by atoms with Crippen molar-refractivity contribution in [1.82, 2.24) is 19.6 Å². The minimum absolute atomic E-state index is 0.0494. The largest absolute Gasteiger partial charge is 0.396 e. The lowest BCUT2D eigenvalue weighted by Gasteiger charge is -2.53. The van der Waals surface area contributed by atoms with Crippen molar-refractivity contribution < 1.29 is 9.90 Å². The summed E-state index contributed by atoms with van der Waals surface area (Å²) in [5, 5.41) is 15.5. The van der Waals surface area contributed by atoms with E-state index in [2.05, 4.69) is 17.0 Å². The van der Waals surface area contributed by atoms with E-state index in [4.69, 9.17) is 0 Å². The van der Waals surface area contributed by atoms with Crippen LogP contribution in [0.3, 0.4) is 0 Å². The minimum Gasteiger partial charge on any atom is -0.396 e. The molecule has 2 atom stereocenters. The number of carbonyl (C=O) groups is 1. The Hall–Kier alpha value is -2.25. The molecule has 0 unspecified atom stereocenters. The van der Waals surface area contributed by atoms with Gasteiger partial charge in [-0.05, 0) is 38.9 Å². The van der Waals surface area contributed by atoms with Crippen LogP contribution in [0.2, 0.25) is 0 Å². The zero-order valence-electron chi connectivity index (χ0n) is 15.7. The fraction of sp³-hybridized carbons (Fsp3) is 0.550. The van der Waals surface area contributed by atoms with Gasteiger partial charge in [-0.2, -0.15) is 5.10 Å². The van der Waals surface area contributed by atoms with E-state index >= 15 is 0 Å². The second kappa shape index (κ2) is 7.05. The van der Waals surface area contributed by atoms with E-state index in [0.29, 0.717) is 18.5 Å². The molecule has 0 bridgehead atoms. The van der Waals surface area contributed by atoms with Gasteiger partial charge in [0.1, 0.15) is 6.54 Å². The summed E-state index contributed by atoms with van der Waals surface area (Å²) in [6.45, 7) is 2.31. The fourth-order valence-electron chi connectivity index (χ4n) is 4.71. The van der Waals surface area contributed by atoms with Crippen molar-refractivity contribution in [2.24, 2.45) is 5.41 Å². The summed E-state index contributed by atoms with van der Waals surface area (Å²) >= 11 is 0. The number of nitrogens with zero attached hydrogens (tertiary/aromatic N) is 4. The second-order valence-electron chi connectivity index (χ2n) is 7.90. The zero-order valence-corrected chi connectivity index (χ0v) is 15.7. The molecule has 3 heterocycles. The number of piperidine rings is 2. The molecule has 1 aromatic carbocycles. The molecule has 0 aliphatic carbocycles. The first-order valence-electron chi connectivity index (χ1n) is 9.58. The van der Waals surface area contributed by atoms with Gasteiger partial charge in [-0.1, -0.05) is 18.2 Å². The molecule has 2 aliphatic heterocycles. The first kappa shape index (κ1) is 18.1. The number of aliphatic hydroxyl groups is 1. The topological polar surface area (TPSA) is 78.7 Å². The first-order chi connectivity index (χ1) is 13.0. The van der Waals surface area contributed by atoms with Gasteiger partial charge in [0, 0.05) is 29.9 Å². The van der Waals surface area contributed by atoms with Crippen LogP contribution in [0, 0.1) is 5.41 Å². The summed E-state index contributed by atoms with van der Waals surface area (Å²) in [7, 11) is 2.07. The molecule has 2 fully saturated rings. The number of rotatable bonds is 3. The molecule has 1 amide bonds. The summed E-state index contributed by atoms with van der Waals surface area (Å²) < 4.78 is 1.25. The number of benzene rings is 1. The van der Waals surface area contributed by atoms with Gasteiger partial charge >= 0.3 is 0 Å². The predicted molar refractivity (Wildman–Crippen MR) is 102 cm³/mol. The molecule has 7 heteroatoms. The van der Waals surface area contributed by atoms with E-state index in [0.717, 1.165) is 31.2 Å². The Bertz CT molecular complexity index is 911. The molecule has 0 saturated carbocycles. The minimum atomic E-state index is -0.238. The summed E-state index contributed by atoms with van der Waals surface area (Å²) in [5.74, 6) is -0.0922. The van der Waals surface area contributed by atoms with Crippen LogP contribution < -0.4 is 5.56 Å². The smallest absolute Gasteiger partial charge is 0.275 e. The quantitative estimate of drug-likeness (QED) is 0.861. The Morgan fingerprint density at radius 2 is 2.11 bits per heavy atom. The van der Waals surface area contributed by atoms with E-state index in [-0.39, 0.29) is 36.1 Å². The third kappa shape index (κ3) is 3.15. The molecule has 2 aromatic rings. The van der Waals surface area contributed by atoms with Gasteiger partial charge in [-0.25, -0.2) is 4.68 Å². The first-order valence-corrected chi connectivity index (χ1v) is 9.58. The number of amides is 1. The highest BCUT2D eigenvalue weighted by atomic mass is 16.3. The van der Waals surface area contributed by atoms with Gasteiger partial charge in [0.25, 0.3) is 5.56 Å². The molecule has 144 valence electrons. The highest BCUT2D eigenvalue weighted by Gasteiger charge is 2.47. The molecule has 1 N–H and O–H groups in total. The van der Waals surface area contributed by atoms with E-state index in [1.807, 2.05) is 23.1 Å². The van der Waals surface area contributed by atoms with Gasteiger partial charge in [-0.15, -0.1) is 0 Å². The lowest BCUT2D eigenvalue weighted by molar-refractivity contribution is -0.140. The molecule has 4 rings (SSSR count). The molecular weight excluding hydrogens is 344 g/mol. The number of carbonyl (C=O) groups excluding carboxylic acids is 1. The monoisotopic (exact) mass is 370 g/mol. The van der Waals surface area contributed by atoms with Gasteiger partial charge < -0.3 is 14.9 Å². The molecule has 0 radical (unpaired) electrons. The van der Waals surface area contributed by atoms with E-state index < -0.39 is 0 Å². The average molecular weight is 370 g/mol. The van der Waals surface area contributed by atoms with Crippen molar-refractivity contribution >= 4 is 16.7 Å². The van der Waals surface area contributed by atoms with Gasteiger partial charge in [0.05, 0.1) is 18.2 Å². The Labute approximate surface area is 158 Å². The van der Waals surface area contributed by atoms with Gasteiger partial charge in [0.15, 0.2) is 0 Å². The number of hydrogen-bond donors (Lipinski definition) is 1. The van der Waals surface area contributed by atoms with Crippen LogP contribution in [0.25, 0.3) is 10.8 Å². The summed E-state index contributed by atoms with van der Waals surface area (Å²) in [6.07, 6.45) is 4.51. The number of hydrogen-bond acceptors (Lipinski definition) is 5.